The standard InChI is InChI=1S/C21H38N6O3/c1-7-22-18(24-15-21(5,29)16-12-25-26(6)14-16)23-13-17-10-8-9-11-27(17)19(28)30-20(2,3)4/h12,14,17,29H,7-11,13,15H2,1-6H3,(H2,22,23,24). The Morgan fingerprint density at radius 3 is 2.67 bits per heavy atom. The van der Waals surface area contributed by atoms with E-state index in [1.54, 1.807) is 24.0 Å². The second kappa shape index (κ2) is 10.1. The van der Waals surface area contributed by atoms with Gasteiger partial charge in [0.1, 0.15) is 11.2 Å². The lowest BCUT2D eigenvalue weighted by Crippen LogP contribution is -2.52. The molecule has 2 unspecified atom stereocenters. The number of piperidine rings is 1. The molecule has 1 aliphatic rings. The number of guanidine groups is 1. The quantitative estimate of drug-likeness (QED) is 0.478. The van der Waals surface area contributed by atoms with Gasteiger partial charge in [-0.25, -0.2) is 9.79 Å². The molecule has 1 amide bonds. The molecule has 0 spiro atoms. The molecule has 0 saturated carbocycles. The minimum Gasteiger partial charge on any atom is -0.444 e. The van der Waals surface area contributed by atoms with E-state index in [1.807, 2.05) is 39.6 Å². The number of aliphatic hydroxyl groups is 1. The van der Waals surface area contributed by atoms with E-state index in [-0.39, 0.29) is 18.7 Å². The van der Waals surface area contributed by atoms with E-state index in [2.05, 4.69) is 20.7 Å². The molecular formula is C21H38N6O3. The summed E-state index contributed by atoms with van der Waals surface area (Å²) in [4.78, 5) is 19.0. The summed E-state index contributed by atoms with van der Waals surface area (Å²) in [6.45, 7) is 11.5. The van der Waals surface area contributed by atoms with Crippen molar-refractivity contribution in [2.75, 3.05) is 26.2 Å². The summed E-state index contributed by atoms with van der Waals surface area (Å²) in [6, 6.07) is 0.0382. The van der Waals surface area contributed by atoms with Crippen molar-refractivity contribution < 1.29 is 14.6 Å². The Morgan fingerprint density at radius 2 is 2.07 bits per heavy atom. The minimum absolute atomic E-state index is 0.0382. The largest absolute Gasteiger partial charge is 0.444 e. The van der Waals surface area contributed by atoms with Crippen molar-refractivity contribution in [3.63, 3.8) is 0 Å². The average Bonchev–Trinajstić information content (AvgIpc) is 3.10. The molecule has 2 atom stereocenters. The molecule has 3 N–H and O–H groups in total. The highest BCUT2D eigenvalue weighted by Crippen LogP contribution is 2.21. The molecule has 1 fully saturated rings. The first-order valence-electron chi connectivity index (χ1n) is 10.7. The summed E-state index contributed by atoms with van der Waals surface area (Å²) in [5, 5.41) is 21.4. The van der Waals surface area contributed by atoms with Gasteiger partial charge in [-0.05, 0) is 53.9 Å². The number of aryl methyl sites for hydroxylation is 1. The van der Waals surface area contributed by atoms with Crippen molar-refractivity contribution in [3.05, 3.63) is 18.0 Å². The van der Waals surface area contributed by atoms with Crippen molar-refractivity contribution in [2.24, 2.45) is 12.0 Å². The van der Waals surface area contributed by atoms with Crippen molar-refractivity contribution in [3.8, 4) is 0 Å². The smallest absolute Gasteiger partial charge is 0.410 e. The number of nitrogens with one attached hydrogen (secondary N) is 2. The molecule has 30 heavy (non-hydrogen) atoms. The number of hydrogen-bond acceptors (Lipinski definition) is 5. The predicted molar refractivity (Wildman–Crippen MR) is 117 cm³/mol. The van der Waals surface area contributed by atoms with Gasteiger partial charge in [-0.3, -0.25) is 4.68 Å². The van der Waals surface area contributed by atoms with E-state index >= 15 is 0 Å². The van der Waals surface area contributed by atoms with Gasteiger partial charge in [-0.15, -0.1) is 0 Å². The van der Waals surface area contributed by atoms with Crippen LogP contribution in [-0.4, -0.2) is 69.7 Å². The zero-order valence-electron chi connectivity index (χ0n) is 19.2. The lowest BCUT2D eigenvalue weighted by Gasteiger charge is -2.37. The second-order valence-electron chi connectivity index (χ2n) is 9.08. The first-order valence-corrected chi connectivity index (χ1v) is 10.7. The van der Waals surface area contributed by atoms with Crippen LogP contribution in [0, 0.1) is 0 Å². The molecular weight excluding hydrogens is 384 g/mol. The Labute approximate surface area is 179 Å². The van der Waals surface area contributed by atoms with Crippen LogP contribution in [0.15, 0.2) is 17.4 Å². The van der Waals surface area contributed by atoms with E-state index in [4.69, 9.17) is 4.74 Å². The molecule has 0 radical (unpaired) electrons. The number of aliphatic imine (C=N–C) groups is 1. The number of aromatic nitrogens is 2. The fraction of sp³-hybridized carbons (Fsp3) is 0.762. The third-order valence-corrected chi connectivity index (χ3v) is 4.98. The lowest BCUT2D eigenvalue weighted by molar-refractivity contribution is 0.0104. The summed E-state index contributed by atoms with van der Waals surface area (Å²) >= 11 is 0. The maximum absolute atomic E-state index is 12.6. The van der Waals surface area contributed by atoms with Crippen LogP contribution in [0.4, 0.5) is 4.79 Å². The molecule has 0 bridgehead atoms. The molecule has 2 rings (SSSR count). The number of amides is 1. The van der Waals surface area contributed by atoms with E-state index in [0.717, 1.165) is 19.3 Å². The normalized spacial score (nSPS) is 19.9. The Hall–Kier alpha value is -2.29. The van der Waals surface area contributed by atoms with E-state index in [0.29, 0.717) is 31.2 Å². The van der Waals surface area contributed by atoms with E-state index in [1.165, 1.54) is 0 Å². The number of hydrogen-bond donors (Lipinski definition) is 3. The zero-order chi connectivity index (χ0) is 22.4. The summed E-state index contributed by atoms with van der Waals surface area (Å²) in [5.74, 6) is 0.608. The van der Waals surface area contributed by atoms with Crippen LogP contribution >= 0.6 is 0 Å². The van der Waals surface area contributed by atoms with Crippen LogP contribution in [0.25, 0.3) is 0 Å². The first kappa shape index (κ1) is 24.0. The molecule has 170 valence electrons. The Morgan fingerprint density at radius 1 is 1.33 bits per heavy atom. The molecule has 9 nitrogen and oxygen atoms in total. The first-order chi connectivity index (χ1) is 14.0. The maximum atomic E-state index is 12.6. The van der Waals surface area contributed by atoms with Crippen LogP contribution in [0.2, 0.25) is 0 Å². The van der Waals surface area contributed by atoms with Crippen molar-refractivity contribution in [1.29, 1.82) is 0 Å². The van der Waals surface area contributed by atoms with Crippen LogP contribution in [0.5, 0.6) is 0 Å². The highest BCUT2D eigenvalue weighted by Gasteiger charge is 2.30. The number of nitrogens with zero attached hydrogens (tertiary/aromatic N) is 4. The number of likely N-dealkylation sites (tertiary alicyclic amines) is 1. The van der Waals surface area contributed by atoms with Gasteiger partial charge < -0.3 is 25.4 Å². The number of carbonyl (C=O) groups excluding carboxylic acids is 1. The van der Waals surface area contributed by atoms with Crippen LogP contribution < -0.4 is 10.6 Å². The molecule has 9 heteroatoms. The predicted octanol–water partition coefficient (Wildman–Crippen LogP) is 1.97. The minimum atomic E-state index is -1.12. The maximum Gasteiger partial charge on any atom is 0.410 e. The SMILES string of the molecule is CCNC(=NCC(C)(O)c1cnn(C)c1)NCC1CCCCN1C(=O)OC(C)(C)C. The third-order valence-electron chi connectivity index (χ3n) is 4.98. The fourth-order valence-corrected chi connectivity index (χ4v) is 3.35. The molecule has 2 heterocycles. The van der Waals surface area contributed by atoms with Crippen LogP contribution in [0.3, 0.4) is 0 Å². The van der Waals surface area contributed by atoms with Crippen LogP contribution in [0.1, 0.15) is 59.4 Å². The van der Waals surface area contributed by atoms with Gasteiger partial charge in [0.15, 0.2) is 5.96 Å². The van der Waals surface area contributed by atoms with Gasteiger partial charge in [-0.2, -0.15) is 5.10 Å². The molecule has 1 aliphatic heterocycles. The summed E-state index contributed by atoms with van der Waals surface area (Å²) in [6.07, 6.45) is 6.15. The molecule has 1 saturated heterocycles. The van der Waals surface area contributed by atoms with Gasteiger partial charge in [0.05, 0.1) is 18.8 Å². The lowest BCUT2D eigenvalue weighted by atomic mass is 10.0. The van der Waals surface area contributed by atoms with Crippen molar-refractivity contribution >= 4 is 12.1 Å². The summed E-state index contributed by atoms with van der Waals surface area (Å²) in [7, 11) is 1.81. The Bertz CT molecular complexity index is 723. The summed E-state index contributed by atoms with van der Waals surface area (Å²) < 4.78 is 7.24. The van der Waals surface area contributed by atoms with Gasteiger partial charge in [0, 0.05) is 38.4 Å². The monoisotopic (exact) mass is 422 g/mol. The fourth-order valence-electron chi connectivity index (χ4n) is 3.35. The van der Waals surface area contributed by atoms with Crippen molar-refractivity contribution in [2.45, 2.75) is 71.1 Å². The van der Waals surface area contributed by atoms with Gasteiger partial charge in [-0.1, -0.05) is 0 Å². The van der Waals surface area contributed by atoms with Gasteiger partial charge in [0.25, 0.3) is 0 Å². The van der Waals surface area contributed by atoms with Gasteiger partial charge in [0.2, 0.25) is 0 Å². The summed E-state index contributed by atoms with van der Waals surface area (Å²) in [5.41, 5.74) is -0.918. The molecule has 1 aromatic rings. The number of ether oxygens (including phenoxy) is 1. The molecule has 0 aliphatic carbocycles. The molecule has 0 aromatic carbocycles. The number of carbonyl (C=O) groups is 1. The average molecular weight is 423 g/mol. The van der Waals surface area contributed by atoms with Crippen LogP contribution in [-0.2, 0) is 17.4 Å². The third kappa shape index (κ3) is 7.19. The molecule has 1 aromatic heterocycles. The zero-order valence-corrected chi connectivity index (χ0v) is 19.2. The highest BCUT2D eigenvalue weighted by atomic mass is 16.6. The second-order valence-corrected chi connectivity index (χ2v) is 9.08. The highest BCUT2D eigenvalue weighted by molar-refractivity contribution is 5.80. The Balaban J connectivity index is 2.01. The number of rotatable bonds is 6. The Kier molecular flexibility index (Phi) is 8.11. The van der Waals surface area contributed by atoms with Gasteiger partial charge >= 0.3 is 6.09 Å². The topological polar surface area (TPSA) is 104 Å². The van der Waals surface area contributed by atoms with Crippen molar-refractivity contribution in [1.82, 2.24) is 25.3 Å². The van der Waals surface area contributed by atoms with E-state index < -0.39 is 11.2 Å². The van der Waals surface area contributed by atoms with E-state index in [9.17, 15) is 9.90 Å².